The predicted molar refractivity (Wildman–Crippen MR) is 42.7 cm³/mol. The third-order valence-corrected chi connectivity index (χ3v) is 1.60. The lowest BCUT2D eigenvalue weighted by Gasteiger charge is -2.07. The number of amides is 1. The fraction of sp³-hybridized carbons (Fsp3) is 0.750. The quantitative estimate of drug-likeness (QED) is 0.615. The highest BCUT2D eigenvalue weighted by molar-refractivity contribution is 5.78. The standard InChI is InChI=1S/C8H14N2O/c1-3-7(2)8(11)10-6-4-5-9/h7H,3-4,6H2,1-2H3,(H,10,11). The van der Waals surface area contributed by atoms with E-state index >= 15 is 0 Å². The maximum Gasteiger partial charge on any atom is 0.222 e. The number of rotatable bonds is 4. The van der Waals surface area contributed by atoms with Crippen LogP contribution in [-0.2, 0) is 4.79 Å². The molecule has 11 heavy (non-hydrogen) atoms. The molecule has 0 aliphatic heterocycles. The lowest BCUT2D eigenvalue weighted by molar-refractivity contribution is -0.124. The van der Waals surface area contributed by atoms with Crippen LogP contribution in [0.1, 0.15) is 26.7 Å². The zero-order chi connectivity index (χ0) is 8.69. The van der Waals surface area contributed by atoms with E-state index in [1.54, 1.807) is 0 Å². The largest absolute Gasteiger partial charge is 0.355 e. The van der Waals surface area contributed by atoms with E-state index in [2.05, 4.69) is 5.32 Å². The Hall–Kier alpha value is -1.04. The van der Waals surface area contributed by atoms with Crippen molar-refractivity contribution in [3.05, 3.63) is 0 Å². The molecule has 1 N–H and O–H groups in total. The molecule has 0 aromatic rings. The van der Waals surface area contributed by atoms with E-state index in [4.69, 9.17) is 5.26 Å². The molecule has 0 saturated carbocycles. The summed E-state index contributed by atoms with van der Waals surface area (Å²) in [7, 11) is 0. The second kappa shape index (κ2) is 5.72. The number of nitriles is 1. The van der Waals surface area contributed by atoms with Crippen molar-refractivity contribution >= 4 is 5.91 Å². The molecule has 0 radical (unpaired) electrons. The SMILES string of the molecule is CCC(C)C(=O)NCCC#N. The van der Waals surface area contributed by atoms with Crippen LogP contribution in [0.3, 0.4) is 0 Å². The lowest BCUT2D eigenvalue weighted by atomic mass is 10.1. The number of hydrogen-bond donors (Lipinski definition) is 1. The van der Waals surface area contributed by atoms with Gasteiger partial charge in [-0.25, -0.2) is 0 Å². The van der Waals surface area contributed by atoms with E-state index in [0.717, 1.165) is 6.42 Å². The molecule has 3 nitrogen and oxygen atoms in total. The molecule has 0 rings (SSSR count). The highest BCUT2D eigenvalue weighted by Gasteiger charge is 2.08. The number of nitrogens with one attached hydrogen (secondary N) is 1. The summed E-state index contributed by atoms with van der Waals surface area (Å²) in [5, 5.41) is 10.8. The summed E-state index contributed by atoms with van der Waals surface area (Å²) in [6.07, 6.45) is 1.24. The molecule has 0 saturated heterocycles. The molecule has 0 aromatic heterocycles. The van der Waals surface area contributed by atoms with Gasteiger partial charge in [-0.15, -0.1) is 0 Å². The van der Waals surface area contributed by atoms with Crippen LogP contribution in [-0.4, -0.2) is 12.5 Å². The van der Waals surface area contributed by atoms with Gasteiger partial charge in [0.15, 0.2) is 0 Å². The minimum Gasteiger partial charge on any atom is -0.355 e. The van der Waals surface area contributed by atoms with Crippen molar-refractivity contribution in [2.24, 2.45) is 5.92 Å². The lowest BCUT2D eigenvalue weighted by Crippen LogP contribution is -2.29. The summed E-state index contributed by atoms with van der Waals surface area (Å²) in [5.41, 5.74) is 0. The zero-order valence-corrected chi connectivity index (χ0v) is 7.05. The Labute approximate surface area is 67.4 Å². The molecule has 0 aliphatic carbocycles. The van der Waals surface area contributed by atoms with Crippen LogP contribution in [0.5, 0.6) is 0 Å². The van der Waals surface area contributed by atoms with Crippen LogP contribution in [0.4, 0.5) is 0 Å². The Balaban J connectivity index is 3.46. The van der Waals surface area contributed by atoms with Crippen molar-refractivity contribution in [1.82, 2.24) is 5.32 Å². The van der Waals surface area contributed by atoms with Gasteiger partial charge in [0.1, 0.15) is 0 Å². The molecular formula is C8H14N2O. The van der Waals surface area contributed by atoms with Gasteiger partial charge in [0.2, 0.25) is 5.91 Å². The van der Waals surface area contributed by atoms with E-state index < -0.39 is 0 Å². The first-order valence-electron chi connectivity index (χ1n) is 3.87. The van der Waals surface area contributed by atoms with Gasteiger partial charge in [-0.05, 0) is 6.42 Å². The fourth-order valence-electron chi connectivity index (χ4n) is 0.601. The van der Waals surface area contributed by atoms with Crippen LogP contribution in [0.25, 0.3) is 0 Å². The van der Waals surface area contributed by atoms with Crippen molar-refractivity contribution < 1.29 is 4.79 Å². The summed E-state index contributed by atoms with van der Waals surface area (Å²) >= 11 is 0. The third-order valence-electron chi connectivity index (χ3n) is 1.60. The smallest absolute Gasteiger partial charge is 0.222 e. The average Bonchev–Trinajstić information content (AvgIpc) is 2.03. The fourth-order valence-corrected chi connectivity index (χ4v) is 0.601. The van der Waals surface area contributed by atoms with Gasteiger partial charge in [-0.2, -0.15) is 5.26 Å². The van der Waals surface area contributed by atoms with E-state index in [1.165, 1.54) is 0 Å². The normalized spacial score (nSPS) is 11.7. The maximum atomic E-state index is 11.0. The average molecular weight is 154 g/mol. The number of nitrogens with zero attached hydrogens (tertiary/aromatic N) is 1. The Morgan fingerprint density at radius 2 is 2.36 bits per heavy atom. The van der Waals surface area contributed by atoms with Crippen LogP contribution < -0.4 is 5.32 Å². The summed E-state index contributed by atoms with van der Waals surface area (Å²) in [4.78, 5) is 11.0. The Morgan fingerprint density at radius 3 is 2.82 bits per heavy atom. The van der Waals surface area contributed by atoms with Gasteiger partial charge in [0.25, 0.3) is 0 Å². The van der Waals surface area contributed by atoms with Gasteiger partial charge in [-0.3, -0.25) is 4.79 Å². The highest BCUT2D eigenvalue weighted by Crippen LogP contribution is 1.98. The van der Waals surface area contributed by atoms with Gasteiger partial charge in [0.05, 0.1) is 12.5 Å². The van der Waals surface area contributed by atoms with Crippen molar-refractivity contribution in [2.45, 2.75) is 26.7 Å². The molecule has 1 unspecified atom stereocenters. The third kappa shape index (κ3) is 4.38. The zero-order valence-electron chi connectivity index (χ0n) is 7.05. The molecule has 1 atom stereocenters. The van der Waals surface area contributed by atoms with Crippen molar-refractivity contribution in [3.8, 4) is 6.07 Å². The maximum absolute atomic E-state index is 11.0. The van der Waals surface area contributed by atoms with Crippen LogP contribution in [0, 0.1) is 17.2 Å². The number of hydrogen-bond acceptors (Lipinski definition) is 2. The second-order valence-corrected chi connectivity index (χ2v) is 2.51. The molecular weight excluding hydrogens is 140 g/mol. The Kier molecular flexibility index (Phi) is 5.18. The molecule has 0 bridgehead atoms. The molecule has 0 aromatic carbocycles. The molecule has 62 valence electrons. The predicted octanol–water partition coefficient (Wildman–Crippen LogP) is 1.06. The van der Waals surface area contributed by atoms with Crippen LogP contribution in [0.15, 0.2) is 0 Å². The molecule has 3 heteroatoms. The molecule has 0 aliphatic rings. The van der Waals surface area contributed by atoms with E-state index in [9.17, 15) is 4.79 Å². The topological polar surface area (TPSA) is 52.9 Å². The van der Waals surface area contributed by atoms with Crippen molar-refractivity contribution in [1.29, 1.82) is 5.26 Å². The first-order valence-corrected chi connectivity index (χ1v) is 3.87. The number of carbonyl (C=O) groups is 1. The van der Waals surface area contributed by atoms with Crippen LogP contribution in [0.2, 0.25) is 0 Å². The summed E-state index contributed by atoms with van der Waals surface area (Å²) in [5.74, 6) is 0.108. The minimum atomic E-state index is 0.0442. The second-order valence-electron chi connectivity index (χ2n) is 2.51. The van der Waals surface area contributed by atoms with E-state index in [1.807, 2.05) is 19.9 Å². The monoisotopic (exact) mass is 154 g/mol. The molecule has 1 amide bonds. The van der Waals surface area contributed by atoms with Gasteiger partial charge in [0, 0.05) is 12.5 Å². The van der Waals surface area contributed by atoms with Crippen LogP contribution >= 0.6 is 0 Å². The number of carbonyl (C=O) groups excluding carboxylic acids is 1. The summed E-state index contributed by atoms with van der Waals surface area (Å²) in [6.45, 7) is 4.32. The molecule has 0 heterocycles. The summed E-state index contributed by atoms with van der Waals surface area (Å²) < 4.78 is 0. The van der Waals surface area contributed by atoms with E-state index in [-0.39, 0.29) is 11.8 Å². The Bertz CT molecular complexity index is 160. The van der Waals surface area contributed by atoms with Gasteiger partial charge >= 0.3 is 0 Å². The highest BCUT2D eigenvalue weighted by atomic mass is 16.1. The first-order chi connectivity index (χ1) is 5.22. The Morgan fingerprint density at radius 1 is 1.73 bits per heavy atom. The van der Waals surface area contributed by atoms with E-state index in [0.29, 0.717) is 13.0 Å². The van der Waals surface area contributed by atoms with Crippen molar-refractivity contribution in [2.75, 3.05) is 6.54 Å². The summed E-state index contributed by atoms with van der Waals surface area (Å²) in [6, 6.07) is 1.97. The minimum absolute atomic E-state index is 0.0442. The van der Waals surface area contributed by atoms with Crippen molar-refractivity contribution in [3.63, 3.8) is 0 Å². The molecule has 0 fully saturated rings. The first kappa shape index (κ1) is 9.96. The van der Waals surface area contributed by atoms with Gasteiger partial charge in [-0.1, -0.05) is 13.8 Å². The molecule has 0 spiro atoms. The van der Waals surface area contributed by atoms with Gasteiger partial charge < -0.3 is 5.32 Å².